The Morgan fingerprint density at radius 2 is 1.90 bits per heavy atom. The highest BCUT2D eigenvalue weighted by Crippen LogP contribution is 2.09. The van der Waals surface area contributed by atoms with Gasteiger partial charge in [-0.1, -0.05) is 23.8 Å². The molecule has 1 aromatic heterocycles. The maximum Gasteiger partial charge on any atom is 0.251 e. The van der Waals surface area contributed by atoms with Gasteiger partial charge in [0, 0.05) is 24.7 Å². The normalized spacial score (nSPS) is 10.0. The van der Waals surface area contributed by atoms with Crippen LogP contribution in [0.1, 0.15) is 15.9 Å². The molecule has 2 rings (SSSR count). The Balaban J connectivity index is 1.76. The van der Waals surface area contributed by atoms with E-state index >= 15 is 0 Å². The van der Waals surface area contributed by atoms with Crippen molar-refractivity contribution < 1.29 is 9.53 Å². The molecule has 0 aliphatic carbocycles. The summed E-state index contributed by atoms with van der Waals surface area (Å²) in [4.78, 5) is 16.1. The van der Waals surface area contributed by atoms with Gasteiger partial charge in [-0.2, -0.15) is 4.98 Å². The lowest BCUT2D eigenvalue weighted by Crippen LogP contribution is -2.28. The van der Waals surface area contributed by atoms with E-state index in [1.54, 1.807) is 13.2 Å². The molecular weight excluding hydrogens is 266 g/mol. The first-order valence-electron chi connectivity index (χ1n) is 6.79. The van der Waals surface area contributed by atoms with E-state index in [2.05, 4.69) is 15.6 Å². The van der Waals surface area contributed by atoms with Crippen LogP contribution in [0, 0.1) is 6.92 Å². The second kappa shape index (κ2) is 7.28. The quantitative estimate of drug-likeness (QED) is 0.799. The van der Waals surface area contributed by atoms with Gasteiger partial charge in [0.2, 0.25) is 5.88 Å². The van der Waals surface area contributed by atoms with Crippen molar-refractivity contribution in [2.75, 3.05) is 25.5 Å². The predicted molar refractivity (Wildman–Crippen MR) is 82.8 cm³/mol. The summed E-state index contributed by atoms with van der Waals surface area (Å²) >= 11 is 0. The van der Waals surface area contributed by atoms with Gasteiger partial charge >= 0.3 is 0 Å². The highest BCUT2D eigenvalue weighted by molar-refractivity contribution is 5.94. The minimum atomic E-state index is -0.0737. The Bertz CT molecular complexity index is 597. The summed E-state index contributed by atoms with van der Waals surface area (Å²) in [5.41, 5.74) is 1.80. The van der Waals surface area contributed by atoms with E-state index < -0.39 is 0 Å². The van der Waals surface area contributed by atoms with Gasteiger partial charge in [-0.05, 0) is 25.1 Å². The van der Waals surface area contributed by atoms with Crippen LogP contribution >= 0.6 is 0 Å². The highest BCUT2D eigenvalue weighted by atomic mass is 16.5. The molecule has 1 heterocycles. The number of pyridine rings is 1. The van der Waals surface area contributed by atoms with Gasteiger partial charge in [-0.25, -0.2) is 0 Å². The average molecular weight is 285 g/mol. The lowest BCUT2D eigenvalue weighted by atomic mass is 10.1. The number of nitrogens with zero attached hydrogens (tertiary/aromatic N) is 1. The minimum Gasteiger partial charge on any atom is -0.481 e. The van der Waals surface area contributed by atoms with Crippen molar-refractivity contribution in [2.24, 2.45) is 0 Å². The SMILES string of the molecule is COc1cccc(NCCNC(=O)c2ccc(C)cc2)n1. The molecule has 5 heteroatoms. The van der Waals surface area contributed by atoms with Crippen LogP contribution in [0.3, 0.4) is 0 Å². The number of aryl methyl sites for hydroxylation is 1. The summed E-state index contributed by atoms with van der Waals surface area (Å²) in [6, 6.07) is 13.0. The van der Waals surface area contributed by atoms with E-state index in [9.17, 15) is 4.79 Å². The van der Waals surface area contributed by atoms with E-state index in [1.165, 1.54) is 0 Å². The number of hydrogen-bond acceptors (Lipinski definition) is 4. The van der Waals surface area contributed by atoms with Crippen LogP contribution in [0.25, 0.3) is 0 Å². The van der Waals surface area contributed by atoms with Gasteiger partial charge in [-0.15, -0.1) is 0 Å². The number of methoxy groups -OCH3 is 1. The third-order valence-electron chi connectivity index (χ3n) is 2.96. The number of nitrogens with one attached hydrogen (secondary N) is 2. The fourth-order valence-corrected chi connectivity index (χ4v) is 1.80. The summed E-state index contributed by atoms with van der Waals surface area (Å²) in [6.07, 6.45) is 0. The molecule has 0 atom stereocenters. The zero-order valence-corrected chi connectivity index (χ0v) is 12.2. The number of amides is 1. The maximum absolute atomic E-state index is 11.9. The lowest BCUT2D eigenvalue weighted by Gasteiger charge is -2.08. The molecule has 0 aliphatic rings. The van der Waals surface area contributed by atoms with E-state index in [1.807, 2.05) is 43.3 Å². The molecule has 2 N–H and O–H groups in total. The van der Waals surface area contributed by atoms with Gasteiger partial charge in [0.05, 0.1) is 7.11 Å². The number of ether oxygens (including phenoxy) is 1. The number of rotatable bonds is 6. The zero-order valence-electron chi connectivity index (χ0n) is 12.2. The molecule has 0 bridgehead atoms. The molecule has 0 spiro atoms. The van der Waals surface area contributed by atoms with Gasteiger partial charge in [-0.3, -0.25) is 4.79 Å². The van der Waals surface area contributed by atoms with Crippen molar-refractivity contribution in [1.29, 1.82) is 0 Å². The first-order chi connectivity index (χ1) is 10.2. The largest absolute Gasteiger partial charge is 0.481 e. The van der Waals surface area contributed by atoms with Crippen LogP contribution in [0.4, 0.5) is 5.82 Å². The Morgan fingerprint density at radius 3 is 2.62 bits per heavy atom. The van der Waals surface area contributed by atoms with Crippen LogP contribution in [-0.4, -0.2) is 31.1 Å². The third-order valence-corrected chi connectivity index (χ3v) is 2.96. The molecule has 0 aliphatic heterocycles. The summed E-state index contributed by atoms with van der Waals surface area (Å²) in [5.74, 6) is 1.21. The molecule has 0 unspecified atom stereocenters. The first kappa shape index (κ1) is 14.8. The lowest BCUT2D eigenvalue weighted by molar-refractivity contribution is 0.0955. The van der Waals surface area contributed by atoms with Crippen molar-refractivity contribution in [3.8, 4) is 5.88 Å². The fraction of sp³-hybridized carbons (Fsp3) is 0.250. The Kier molecular flexibility index (Phi) is 5.15. The van der Waals surface area contributed by atoms with E-state index in [-0.39, 0.29) is 5.91 Å². The van der Waals surface area contributed by atoms with Gasteiger partial charge in [0.1, 0.15) is 5.82 Å². The predicted octanol–water partition coefficient (Wildman–Crippen LogP) is 2.24. The monoisotopic (exact) mass is 285 g/mol. The highest BCUT2D eigenvalue weighted by Gasteiger charge is 2.03. The Labute approximate surface area is 124 Å². The zero-order chi connectivity index (χ0) is 15.1. The van der Waals surface area contributed by atoms with Gasteiger partial charge in [0.25, 0.3) is 5.91 Å². The van der Waals surface area contributed by atoms with Crippen molar-refractivity contribution in [1.82, 2.24) is 10.3 Å². The van der Waals surface area contributed by atoms with Crippen molar-refractivity contribution >= 4 is 11.7 Å². The second-order valence-electron chi connectivity index (χ2n) is 4.61. The summed E-state index contributed by atoms with van der Waals surface area (Å²) in [6.45, 7) is 3.11. The van der Waals surface area contributed by atoms with Gasteiger partial charge < -0.3 is 15.4 Å². The fourth-order valence-electron chi connectivity index (χ4n) is 1.80. The Morgan fingerprint density at radius 1 is 1.14 bits per heavy atom. The molecule has 1 amide bonds. The van der Waals surface area contributed by atoms with Crippen molar-refractivity contribution in [3.05, 3.63) is 53.6 Å². The first-order valence-corrected chi connectivity index (χ1v) is 6.79. The standard InChI is InChI=1S/C16H19N3O2/c1-12-6-8-13(9-7-12)16(20)18-11-10-17-14-4-3-5-15(19-14)21-2/h3-9H,10-11H2,1-2H3,(H,17,19)(H,18,20). The number of carbonyl (C=O) groups excluding carboxylic acids is 1. The molecule has 110 valence electrons. The second-order valence-corrected chi connectivity index (χ2v) is 4.61. The van der Waals surface area contributed by atoms with Gasteiger partial charge in [0.15, 0.2) is 0 Å². The maximum atomic E-state index is 11.9. The minimum absolute atomic E-state index is 0.0737. The van der Waals surface area contributed by atoms with E-state index in [4.69, 9.17) is 4.74 Å². The number of hydrogen-bond donors (Lipinski definition) is 2. The van der Waals surface area contributed by atoms with Crippen LogP contribution in [0.5, 0.6) is 5.88 Å². The van der Waals surface area contributed by atoms with Crippen molar-refractivity contribution in [3.63, 3.8) is 0 Å². The average Bonchev–Trinajstić information content (AvgIpc) is 2.52. The molecular formula is C16H19N3O2. The van der Waals surface area contributed by atoms with E-state index in [0.717, 1.165) is 11.4 Å². The number of benzene rings is 1. The van der Waals surface area contributed by atoms with E-state index in [0.29, 0.717) is 24.5 Å². The van der Waals surface area contributed by atoms with Crippen LogP contribution in [0.2, 0.25) is 0 Å². The molecule has 2 aromatic rings. The smallest absolute Gasteiger partial charge is 0.251 e. The molecule has 0 saturated carbocycles. The summed E-state index contributed by atoms with van der Waals surface area (Å²) in [5, 5.41) is 5.99. The molecule has 0 saturated heterocycles. The number of carbonyl (C=O) groups is 1. The molecule has 21 heavy (non-hydrogen) atoms. The summed E-state index contributed by atoms with van der Waals surface area (Å²) in [7, 11) is 1.58. The topological polar surface area (TPSA) is 63.2 Å². The van der Waals surface area contributed by atoms with Crippen molar-refractivity contribution in [2.45, 2.75) is 6.92 Å². The Hall–Kier alpha value is -2.56. The molecule has 0 fully saturated rings. The van der Waals surface area contributed by atoms with Crippen LogP contribution in [-0.2, 0) is 0 Å². The van der Waals surface area contributed by atoms with Crippen LogP contribution < -0.4 is 15.4 Å². The number of anilines is 1. The molecule has 1 aromatic carbocycles. The number of aromatic nitrogens is 1. The molecule has 5 nitrogen and oxygen atoms in total. The third kappa shape index (κ3) is 4.49. The van der Waals surface area contributed by atoms with Crippen LogP contribution in [0.15, 0.2) is 42.5 Å². The summed E-state index contributed by atoms with van der Waals surface area (Å²) < 4.78 is 5.05. The molecule has 0 radical (unpaired) electrons.